The Kier molecular flexibility index (Phi) is 3.93. The fourth-order valence-electron chi connectivity index (χ4n) is 1.25. The summed E-state index contributed by atoms with van der Waals surface area (Å²) in [5.74, 6) is -0.0534. The second-order valence-corrected chi connectivity index (χ2v) is 5.07. The summed E-state index contributed by atoms with van der Waals surface area (Å²) in [5, 5.41) is 5.93. The molecule has 1 aromatic rings. The van der Waals surface area contributed by atoms with Crippen LogP contribution in [0.2, 0.25) is 0 Å². The minimum absolute atomic E-state index is 0.0534. The van der Waals surface area contributed by atoms with E-state index in [9.17, 15) is 4.79 Å². The number of amides is 1. The fourth-order valence-corrected chi connectivity index (χ4v) is 1.25. The van der Waals surface area contributed by atoms with Gasteiger partial charge in [0.05, 0.1) is 0 Å². The molecule has 1 amide bonds. The molecule has 0 radical (unpaired) electrons. The van der Waals surface area contributed by atoms with Crippen molar-refractivity contribution in [2.75, 3.05) is 18.9 Å². The molecular weight excluding hydrogens is 200 g/mol. The van der Waals surface area contributed by atoms with Crippen LogP contribution < -0.4 is 10.6 Å². The lowest BCUT2D eigenvalue weighted by Crippen LogP contribution is -2.19. The molecule has 1 aromatic carbocycles. The van der Waals surface area contributed by atoms with Crippen LogP contribution >= 0.6 is 0 Å². The zero-order valence-electron chi connectivity index (χ0n) is 10.4. The van der Waals surface area contributed by atoms with Gasteiger partial charge in [-0.2, -0.15) is 0 Å². The number of carbonyl (C=O) groups excluding carboxylic acids is 1. The van der Waals surface area contributed by atoms with Crippen molar-refractivity contribution in [3.05, 3.63) is 29.8 Å². The third kappa shape index (κ3) is 3.93. The number of anilines is 1. The summed E-state index contributed by atoms with van der Waals surface area (Å²) in [6, 6.07) is 7.50. The molecule has 0 heterocycles. The SMILES string of the molecule is CNC(=O)c1ccc(NCC(C)(C)C)cc1. The summed E-state index contributed by atoms with van der Waals surface area (Å²) in [6.07, 6.45) is 0. The van der Waals surface area contributed by atoms with E-state index in [0.717, 1.165) is 12.2 Å². The predicted molar refractivity (Wildman–Crippen MR) is 67.8 cm³/mol. The molecule has 1 rings (SSSR count). The van der Waals surface area contributed by atoms with E-state index in [1.807, 2.05) is 24.3 Å². The Morgan fingerprint density at radius 3 is 2.19 bits per heavy atom. The number of carbonyl (C=O) groups is 1. The lowest BCUT2D eigenvalue weighted by atomic mass is 9.97. The van der Waals surface area contributed by atoms with E-state index in [-0.39, 0.29) is 11.3 Å². The zero-order valence-corrected chi connectivity index (χ0v) is 10.4. The Balaban J connectivity index is 2.62. The third-order valence-electron chi connectivity index (χ3n) is 2.20. The van der Waals surface area contributed by atoms with Crippen molar-refractivity contribution in [3.8, 4) is 0 Å². The van der Waals surface area contributed by atoms with E-state index in [1.54, 1.807) is 7.05 Å². The number of hydrogen-bond acceptors (Lipinski definition) is 2. The van der Waals surface area contributed by atoms with Crippen LogP contribution in [0.25, 0.3) is 0 Å². The first kappa shape index (κ1) is 12.6. The molecule has 0 aliphatic rings. The molecule has 0 aliphatic heterocycles. The van der Waals surface area contributed by atoms with Gasteiger partial charge in [0.1, 0.15) is 0 Å². The minimum atomic E-state index is -0.0534. The van der Waals surface area contributed by atoms with Crippen molar-refractivity contribution < 1.29 is 4.79 Å². The fraction of sp³-hybridized carbons (Fsp3) is 0.462. The number of rotatable bonds is 3. The van der Waals surface area contributed by atoms with Gasteiger partial charge < -0.3 is 10.6 Å². The van der Waals surface area contributed by atoms with E-state index in [4.69, 9.17) is 0 Å². The van der Waals surface area contributed by atoms with Crippen LogP contribution in [0.5, 0.6) is 0 Å². The van der Waals surface area contributed by atoms with Crippen molar-refractivity contribution in [2.45, 2.75) is 20.8 Å². The van der Waals surface area contributed by atoms with Gasteiger partial charge in [-0.3, -0.25) is 4.79 Å². The van der Waals surface area contributed by atoms with E-state index < -0.39 is 0 Å². The lowest BCUT2D eigenvalue weighted by molar-refractivity contribution is 0.0963. The average Bonchev–Trinajstić information content (AvgIpc) is 2.25. The molecule has 0 aliphatic carbocycles. The topological polar surface area (TPSA) is 41.1 Å². The van der Waals surface area contributed by atoms with Crippen LogP contribution in [-0.2, 0) is 0 Å². The number of hydrogen-bond donors (Lipinski definition) is 2. The van der Waals surface area contributed by atoms with Crippen molar-refractivity contribution in [3.63, 3.8) is 0 Å². The van der Waals surface area contributed by atoms with E-state index in [0.29, 0.717) is 5.56 Å². The largest absolute Gasteiger partial charge is 0.385 e. The van der Waals surface area contributed by atoms with Gasteiger partial charge in [0.15, 0.2) is 0 Å². The van der Waals surface area contributed by atoms with E-state index >= 15 is 0 Å². The first-order valence-electron chi connectivity index (χ1n) is 5.48. The van der Waals surface area contributed by atoms with Crippen molar-refractivity contribution in [1.82, 2.24) is 5.32 Å². The summed E-state index contributed by atoms with van der Waals surface area (Å²) >= 11 is 0. The Bertz CT molecular complexity index is 349. The summed E-state index contributed by atoms with van der Waals surface area (Å²) in [5.41, 5.74) is 1.98. The van der Waals surface area contributed by atoms with Gasteiger partial charge in [-0.15, -0.1) is 0 Å². The standard InChI is InChI=1S/C13H20N2O/c1-13(2,3)9-15-11-7-5-10(6-8-11)12(16)14-4/h5-8,15H,9H2,1-4H3,(H,14,16). The molecule has 0 spiro atoms. The summed E-state index contributed by atoms with van der Waals surface area (Å²) in [7, 11) is 1.63. The molecule has 88 valence electrons. The van der Waals surface area contributed by atoms with Crippen LogP contribution in [0, 0.1) is 5.41 Å². The maximum absolute atomic E-state index is 11.3. The second kappa shape index (κ2) is 5.01. The normalized spacial score (nSPS) is 11.0. The third-order valence-corrected chi connectivity index (χ3v) is 2.20. The monoisotopic (exact) mass is 220 g/mol. The Morgan fingerprint density at radius 2 is 1.75 bits per heavy atom. The highest BCUT2D eigenvalue weighted by Gasteiger charge is 2.09. The van der Waals surface area contributed by atoms with Crippen molar-refractivity contribution in [2.24, 2.45) is 5.41 Å². The zero-order chi connectivity index (χ0) is 12.2. The van der Waals surface area contributed by atoms with Crippen molar-refractivity contribution >= 4 is 11.6 Å². The summed E-state index contributed by atoms with van der Waals surface area (Å²) < 4.78 is 0. The highest BCUT2D eigenvalue weighted by Crippen LogP contribution is 2.15. The Hall–Kier alpha value is -1.51. The molecule has 0 atom stereocenters. The van der Waals surface area contributed by atoms with Crippen LogP contribution in [0.15, 0.2) is 24.3 Å². The smallest absolute Gasteiger partial charge is 0.251 e. The van der Waals surface area contributed by atoms with Crippen LogP contribution in [0.4, 0.5) is 5.69 Å². The van der Waals surface area contributed by atoms with Crippen LogP contribution in [-0.4, -0.2) is 19.5 Å². The predicted octanol–water partition coefficient (Wildman–Crippen LogP) is 2.50. The first-order chi connectivity index (χ1) is 7.42. The van der Waals surface area contributed by atoms with Crippen LogP contribution in [0.3, 0.4) is 0 Å². The van der Waals surface area contributed by atoms with Gasteiger partial charge in [0, 0.05) is 24.8 Å². The molecule has 3 heteroatoms. The van der Waals surface area contributed by atoms with E-state index in [1.165, 1.54) is 0 Å². The van der Waals surface area contributed by atoms with Gasteiger partial charge in [-0.25, -0.2) is 0 Å². The van der Waals surface area contributed by atoms with Crippen molar-refractivity contribution in [1.29, 1.82) is 0 Å². The Labute approximate surface area is 97.2 Å². The van der Waals surface area contributed by atoms with Gasteiger partial charge in [0.25, 0.3) is 5.91 Å². The molecule has 0 aromatic heterocycles. The number of benzene rings is 1. The maximum Gasteiger partial charge on any atom is 0.251 e. The highest BCUT2D eigenvalue weighted by atomic mass is 16.1. The molecule has 0 unspecified atom stereocenters. The minimum Gasteiger partial charge on any atom is -0.385 e. The van der Waals surface area contributed by atoms with Gasteiger partial charge in [0.2, 0.25) is 0 Å². The average molecular weight is 220 g/mol. The van der Waals surface area contributed by atoms with E-state index in [2.05, 4.69) is 31.4 Å². The molecule has 2 N–H and O–H groups in total. The molecule has 16 heavy (non-hydrogen) atoms. The molecule has 0 saturated heterocycles. The highest BCUT2D eigenvalue weighted by molar-refractivity contribution is 5.94. The summed E-state index contributed by atoms with van der Waals surface area (Å²) in [6.45, 7) is 7.45. The van der Waals surface area contributed by atoms with Gasteiger partial charge in [-0.1, -0.05) is 20.8 Å². The Morgan fingerprint density at radius 1 is 1.19 bits per heavy atom. The lowest BCUT2D eigenvalue weighted by Gasteiger charge is -2.19. The molecular formula is C13H20N2O. The summed E-state index contributed by atoms with van der Waals surface area (Å²) in [4.78, 5) is 11.3. The quantitative estimate of drug-likeness (QED) is 0.821. The first-order valence-corrected chi connectivity index (χ1v) is 5.48. The molecule has 0 fully saturated rings. The molecule has 3 nitrogen and oxygen atoms in total. The second-order valence-electron chi connectivity index (χ2n) is 5.07. The number of nitrogens with one attached hydrogen (secondary N) is 2. The molecule has 0 saturated carbocycles. The molecule has 0 bridgehead atoms. The van der Waals surface area contributed by atoms with Gasteiger partial charge >= 0.3 is 0 Å². The van der Waals surface area contributed by atoms with Gasteiger partial charge in [-0.05, 0) is 29.7 Å². The van der Waals surface area contributed by atoms with Crippen LogP contribution in [0.1, 0.15) is 31.1 Å². The maximum atomic E-state index is 11.3.